The molecule has 1 fully saturated rings. The van der Waals surface area contributed by atoms with E-state index in [1.165, 1.54) is 6.07 Å². The topological polar surface area (TPSA) is 116 Å². The molecule has 38 heavy (non-hydrogen) atoms. The van der Waals surface area contributed by atoms with Gasteiger partial charge in [0, 0.05) is 48.4 Å². The van der Waals surface area contributed by atoms with Crippen molar-refractivity contribution in [2.45, 2.75) is 18.6 Å². The third-order valence-corrected chi connectivity index (χ3v) is 7.80. The van der Waals surface area contributed by atoms with Crippen LogP contribution in [0.3, 0.4) is 0 Å². The summed E-state index contributed by atoms with van der Waals surface area (Å²) in [5, 5.41) is 3.64. The molecule has 1 heterocycles. The van der Waals surface area contributed by atoms with Crippen molar-refractivity contribution in [1.29, 1.82) is 0 Å². The summed E-state index contributed by atoms with van der Waals surface area (Å²) in [4.78, 5) is 19.4. The molecular formula is C27H26FN5O4S. The number of carbonyl (C=O) groups is 1. The van der Waals surface area contributed by atoms with E-state index in [0.717, 1.165) is 22.3 Å². The molecule has 1 aliphatic carbocycles. The van der Waals surface area contributed by atoms with Crippen LogP contribution in [0.15, 0.2) is 65.8 Å². The van der Waals surface area contributed by atoms with Crippen LogP contribution >= 0.6 is 0 Å². The second-order valence-corrected chi connectivity index (χ2v) is 10.8. The molecule has 5 rings (SSSR count). The molecule has 1 aliphatic heterocycles. The predicted octanol–water partition coefficient (Wildman–Crippen LogP) is 5.81. The highest BCUT2D eigenvalue weighted by Gasteiger charge is 2.30. The fourth-order valence-electron chi connectivity index (χ4n) is 5.32. The van der Waals surface area contributed by atoms with Gasteiger partial charge >= 0.3 is 16.3 Å². The van der Waals surface area contributed by atoms with Gasteiger partial charge in [-0.2, -0.15) is 8.42 Å². The third-order valence-electron chi connectivity index (χ3n) is 7.12. The Labute approximate surface area is 220 Å². The number of hydrogen-bond donors (Lipinski definition) is 0. The van der Waals surface area contributed by atoms with Crippen molar-refractivity contribution in [1.82, 2.24) is 4.90 Å². The highest BCUT2D eigenvalue weighted by atomic mass is 32.3. The van der Waals surface area contributed by atoms with E-state index in [1.54, 1.807) is 17.9 Å². The van der Waals surface area contributed by atoms with Crippen LogP contribution in [0.2, 0.25) is 0 Å². The lowest BCUT2D eigenvalue weighted by Gasteiger charge is -2.36. The minimum atomic E-state index is -4.76. The maximum absolute atomic E-state index is 13.4. The van der Waals surface area contributed by atoms with Gasteiger partial charge in [0.05, 0.1) is 0 Å². The summed E-state index contributed by atoms with van der Waals surface area (Å²) >= 11 is 0. The van der Waals surface area contributed by atoms with E-state index in [-0.39, 0.29) is 23.8 Å². The largest absolute Gasteiger partial charge is 0.448 e. The van der Waals surface area contributed by atoms with Gasteiger partial charge in [0.15, 0.2) is 0 Å². The van der Waals surface area contributed by atoms with Crippen LogP contribution in [-0.4, -0.2) is 52.2 Å². The number of halogens is 1. The van der Waals surface area contributed by atoms with E-state index in [1.807, 2.05) is 29.2 Å². The Bertz CT molecular complexity index is 1500. The van der Waals surface area contributed by atoms with Crippen LogP contribution in [0.5, 0.6) is 0 Å². The summed E-state index contributed by atoms with van der Waals surface area (Å²) in [7, 11) is -4.76. The molecule has 0 unspecified atom stereocenters. The number of ether oxygens (including phenoxy) is 1. The lowest BCUT2D eigenvalue weighted by molar-refractivity contribution is 0.0977. The van der Waals surface area contributed by atoms with Crippen LogP contribution in [0, 0.1) is 6.92 Å². The Kier molecular flexibility index (Phi) is 6.96. The number of hydrogen-bond acceptors (Lipinski definition) is 6. The monoisotopic (exact) mass is 535 g/mol. The molecule has 0 N–H and O–H groups in total. The first-order valence-electron chi connectivity index (χ1n) is 12.2. The van der Waals surface area contributed by atoms with Crippen LogP contribution < -0.4 is 4.90 Å². The Balaban J connectivity index is 1.26. The van der Waals surface area contributed by atoms with Gasteiger partial charge in [-0.25, -0.2) is 4.79 Å². The summed E-state index contributed by atoms with van der Waals surface area (Å²) in [6.45, 7) is 3.67. The molecule has 0 saturated carbocycles. The maximum Gasteiger partial charge on any atom is 0.409 e. The first-order chi connectivity index (χ1) is 18.2. The van der Waals surface area contributed by atoms with E-state index in [9.17, 15) is 17.1 Å². The van der Waals surface area contributed by atoms with Gasteiger partial charge in [0.25, 0.3) is 0 Å². The zero-order chi connectivity index (χ0) is 26.9. The van der Waals surface area contributed by atoms with E-state index < -0.39 is 22.1 Å². The van der Waals surface area contributed by atoms with E-state index in [4.69, 9.17) is 10.3 Å². The molecule has 196 valence electrons. The van der Waals surface area contributed by atoms with Gasteiger partial charge in [-0.05, 0) is 58.0 Å². The van der Waals surface area contributed by atoms with Crippen LogP contribution in [-0.2, 0) is 20.7 Å². The summed E-state index contributed by atoms with van der Waals surface area (Å²) in [6, 6.07) is 19.3. The van der Waals surface area contributed by atoms with Crippen LogP contribution in [0.25, 0.3) is 21.6 Å². The normalized spacial score (nSPS) is 15.0. The summed E-state index contributed by atoms with van der Waals surface area (Å²) in [6.07, 6.45) is -0.393. The molecule has 3 aromatic carbocycles. The molecule has 0 radical (unpaired) electrons. The summed E-state index contributed by atoms with van der Waals surface area (Å²) in [5.74, 6) is -0.836. The Hall–Kier alpha value is -4.08. The number of fused-ring (bicyclic) bond motifs is 3. The fraction of sp³-hybridized carbons (Fsp3) is 0.296. The van der Waals surface area contributed by atoms with E-state index in [2.05, 4.69) is 34.3 Å². The molecule has 0 bridgehead atoms. The molecule has 9 nitrogen and oxygen atoms in total. The SMILES string of the molecule is Cc1c(N=[N+]=[N-])cc(CS(=O)(=O)F)cc1N1CCN(C(=O)OCC2c3ccccc3-c3ccccc32)CC1. The third kappa shape index (κ3) is 5.16. The van der Waals surface area contributed by atoms with Crippen molar-refractivity contribution < 1.29 is 21.8 Å². The second kappa shape index (κ2) is 10.4. The molecule has 0 atom stereocenters. The van der Waals surface area contributed by atoms with Crippen molar-refractivity contribution in [3.63, 3.8) is 0 Å². The van der Waals surface area contributed by atoms with E-state index >= 15 is 0 Å². The minimum absolute atomic E-state index is 0.0241. The Morgan fingerprint density at radius 3 is 2.24 bits per heavy atom. The standard InChI is InChI=1S/C27H26FN5O4S/c1-18-25(30-31-29)14-19(17-38(28,35)36)15-26(18)32-10-12-33(13-11-32)27(34)37-16-24-22-8-4-2-6-20(22)21-7-3-5-9-23(21)24/h2-9,14-15,24H,10-13,16-17H2,1H3. The van der Waals surface area contributed by atoms with Gasteiger partial charge in [-0.3, -0.25) is 0 Å². The Morgan fingerprint density at radius 1 is 1.05 bits per heavy atom. The van der Waals surface area contributed by atoms with Crippen molar-refractivity contribution in [3.8, 4) is 11.1 Å². The highest BCUT2D eigenvalue weighted by molar-refractivity contribution is 7.85. The van der Waals surface area contributed by atoms with Crippen molar-refractivity contribution >= 4 is 27.7 Å². The number of piperazine rings is 1. The first kappa shape index (κ1) is 25.6. The molecule has 3 aromatic rings. The predicted molar refractivity (Wildman–Crippen MR) is 143 cm³/mol. The number of azide groups is 1. The smallest absolute Gasteiger partial charge is 0.409 e. The molecule has 1 amide bonds. The number of rotatable bonds is 6. The number of nitrogens with zero attached hydrogens (tertiary/aromatic N) is 5. The van der Waals surface area contributed by atoms with E-state index in [0.29, 0.717) is 37.4 Å². The minimum Gasteiger partial charge on any atom is -0.448 e. The Morgan fingerprint density at radius 2 is 1.66 bits per heavy atom. The summed E-state index contributed by atoms with van der Waals surface area (Å²) in [5.41, 5.74) is 15.2. The maximum atomic E-state index is 13.4. The van der Waals surface area contributed by atoms with Crippen LogP contribution in [0.4, 0.5) is 20.1 Å². The average molecular weight is 536 g/mol. The molecular weight excluding hydrogens is 509 g/mol. The average Bonchev–Trinajstić information content (AvgIpc) is 3.22. The second-order valence-electron chi connectivity index (χ2n) is 9.41. The van der Waals surface area contributed by atoms with Gasteiger partial charge in [0.2, 0.25) is 0 Å². The van der Waals surface area contributed by atoms with Crippen molar-refractivity contribution in [2.24, 2.45) is 5.11 Å². The van der Waals surface area contributed by atoms with Crippen LogP contribution in [0.1, 0.15) is 28.2 Å². The quantitative estimate of drug-likeness (QED) is 0.171. The highest BCUT2D eigenvalue weighted by Crippen LogP contribution is 2.44. The van der Waals surface area contributed by atoms with Gasteiger partial charge in [-0.15, -0.1) is 3.89 Å². The zero-order valence-electron chi connectivity index (χ0n) is 20.7. The zero-order valence-corrected chi connectivity index (χ0v) is 21.6. The molecule has 0 spiro atoms. The number of carbonyl (C=O) groups excluding carboxylic acids is 1. The lowest BCUT2D eigenvalue weighted by atomic mass is 9.98. The molecule has 11 heteroatoms. The van der Waals surface area contributed by atoms with Crippen molar-refractivity contribution in [3.05, 3.63) is 93.4 Å². The van der Waals surface area contributed by atoms with Crippen molar-refractivity contribution in [2.75, 3.05) is 37.7 Å². The van der Waals surface area contributed by atoms with Gasteiger partial charge < -0.3 is 14.5 Å². The van der Waals surface area contributed by atoms with Gasteiger partial charge in [0.1, 0.15) is 12.4 Å². The molecule has 1 saturated heterocycles. The summed E-state index contributed by atoms with van der Waals surface area (Å²) < 4.78 is 41.5. The first-order valence-corrected chi connectivity index (χ1v) is 13.8. The fourth-order valence-corrected chi connectivity index (χ4v) is 5.88. The number of amides is 1. The lowest BCUT2D eigenvalue weighted by Crippen LogP contribution is -2.49. The molecule has 0 aromatic heterocycles. The van der Waals surface area contributed by atoms with Gasteiger partial charge in [-0.1, -0.05) is 53.6 Å². The molecule has 2 aliphatic rings. The number of anilines is 1. The number of benzene rings is 3.